The molecule has 1 aromatic rings. The lowest BCUT2D eigenvalue weighted by molar-refractivity contribution is -0.131. The fourth-order valence-electron chi connectivity index (χ4n) is 1.60. The Labute approximate surface area is 82.9 Å². The summed E-state index contributed by atoms with van der Waals surface area (Å²) in [7, 11) is 1.85. The molecule has 4 nitrogen and oxygen atoms in total. The quantitative estimate of drug-likeness (QED) is 0.726. The Kier molecular flexibility index (Phi) is 2.74. The van der Waals surface area contributed by atoms with Gasteiger partial charge >= 0.3 is 5.97 Å². The van der Waals surface area contributed by atoms with E-state index in [9.17, 15) is 4.79 Å². The van der Waals surface area contributed by atoms with Crippen LogP contribution in [0.3, 0.4) is 0 Å². The molecule has 0 aliphatic rings. The van der Waals surface area contributed by atoms with Crippen LogP contribution in [0, 0.1) is 13.8 Å². The number of rotatable bonds is 2. The van der Waals surface area contributed by atoms with E-state index in [2.05, 4.69) is 5.10 Å². The number of aryl methyl sites for hydroxylation is 2. The molecule has 0 saturated heterocycles. The smallest absolute Gasteiger partial charge is 0.328 e. The number of carbonyl (C=O) groups is 1. The van der Waals surface area contributed by atoms with Crippen LogP contribution in [0.4, 0.5) is 0 Å². The second-order valence-electron chi connectivity index (χ2n) is 3.34. The summed E-state index contributed by atoms with van der Waals surface area (Å²) in [6.45, 7) is 5.58. The van der Waals surface area contributed by atoms with Gasteiger partial charge < -0.3 is 5.11 Å². The zero-order chi connectivity index (χ0) is 10.9. The SMILES string of the molecule is CC(=CC(=O)O)c1c(C)nn(C)c1C. The van der Waals surface area contributed by atoms with Crippen LogP contribution in [0.25, 0.3) is 5.57 Å². The van der Waals surface area contributed by atoms with Crippen LogP contribution in [0.1, 0.15) is 23.9 Å². The van der Waals surface area contributed by atoms with Crippen molar-refractivity contribution in [3.63, 3.8) is 0 Å². The predicted molar refractivity (Wildman–Crippen MR) is 54.0 cm³/mol. The van der Waals surface area contributed by atoms with Gasteiger partial charge in [-0.2, -0.15) is 5.10 Å². The number of carboxylic acid groups (broad SMARTS) is 1. The van der Waals surface area contributed by atoms with E-state index in [1.807, 2.05) is 20.9 Å². The Bertz CT molecular complexity index is 402. The molecule has 0 spiro atoms. The molecule has 0 aliphatic heterocycles. The summed E-state index contributed by atoms with van der Waals surface area (Å²) in [5.41, 5.74) is 3.51. The Hall–Kier alpha value is -1.58. The maximum Gasteiger partial charge on any atom is 0.328 e. The number of nitrogens with zero attached hydrogens (tertiary/aromatic N) is 2. The van der Waals surface area contributed by atoms with E-state index >= 15 is 0 Å². The lowest BCUT2D eigenvalue weighted by atomic mass is 10.1. The van der Waals surface area contributed by atoms with Crippen LogP contribution >= 0.6 is 0 Å². The standard InChI is InChI=1S/C10H14N2O2/c1-6(5-9(13)14)10-7(2)11-12(4)8(10)3/h5H,1-4H3,(H,13,14). The zero-order valence-electron chi connectivity index (χ0n) is 8.83. The molecule has 76 valence electrons. The summed E-state index contributed by atoms with van der Waals surface area (Å²) in [6, 6.07) is 0. The molecule has 0 bridgehead atoms. The average Bonchev–Trinajstić information content (AvgIpc) is 2.25. The Morgan fingerprint density at radius 3 is 2.43 bits per heavy atom. The fourth-order valence-corrected chi connectivity index (χ4v) is 1.60. The molecule has 0 saturated carbocycles. The van der Waals surface area contributed by atoms with Gasteiger partial charge in [-0.15, -0.1) is 0 Å². The Morgan fingerprint density at radius 2 is 2.07 bits per heavy atom. The molecule has 14 heavy (non-hydrogen) atoms. The molecule has 1 aromatic heterocycles. The summed E-state index contributed by atoms with van der Waals surface area (Å²) in [6.07, 6.45) is 1.21. The molecule has 1 rings (SSSR count). The topological polar surface area (TPSA) is 55.1 Å². The van der Waals surface area contributed by atoms with Crippen molar-refractivity contribution in [2.75, 3.05) is 0 Å². The van der Waals surface area contributed by atoms with Crippen molar-refractivity contribution >= 4 is 11.5 Å². The van der Waals surface area contributed by atoms with Gasteiger partial charge in [0.15, 0.2) is 0 Å². The second kappa shape index (κ2) is 3.65. The Balaban J connectivity index is 3.25. The van der Waals surface area contributed by atoms with E-state index in [1.165, 1.54) is 6.08 Å². The van der Waals surface area contributed by atoms with Gasteiger partial charge in [-0.05, 0) is 26.3 Å². The minimum absolute atomic E-state index is 0.737. The van der Waals surface area contributed by atoms with Gasteiger partial charge in [0.2, 0.25) is 0 Å². The molecule has 0 atom stereocenters. The highest BCUT2D eigenvalue weighted by atomic mass is 16.4. The van der Waals surface area contributed by atoms with Crippen LogP contribution < -0.4 is 0 Å². The third-order valence-electron chi connectivity index (χ3n) is 2.24. The molecule has 0 unspecified atom stereocenters. The van der Waals surface area contributed by atoms with E-state index in [-0.39, 0.29) is 0 Å². The van der Waals surface area contributed by atoms with Crippen LogP contribution in [0.15, 0.2) is 6.08 Å². The van der Waals surface area contributed by atoms with E-state index in [4.69, 9.17) is 5.11 Å². The van der Waals surface area contributed by atoms with E-state index in [0.29, 0.717) is 0 Å². The van der Waals surface area contributed by atoms with Crippen molar-refractivity contribution in [3.05, 3.63) is 23.0 Å². The van der Waals surface area contributed by atoms with Gasteiger partial charge in [-0.1, -0.05) is 0 Å². The van der Waals surface area contributed by atoms with Gasteiger partial charge in [0.1, 0.15) is 0 Å². The third-order valence-corrected chi connectivity index (χ3v) is 2.24. The maximum atomic E-state index is 10.5. The van der Waals surface area contributed by atoms with Crippen molar-refractivity contribution < 1.29 is 9.90 Å². The van der Waals surface area contributed by atoms with Gasteiger partial charge in [0, 0.05) is 24.4 Å². The number of hydrogen-bond donors (Lipinski definition) is 1. The number of aromatic nitrogens is 2. The minimum atomic E-state index is -0.926. The van der Waals surface area contributed by atoms with Crippen molar-refractivity contribution in [2.24, 2.45) is 7.05 Å². The normalized spacial score (nSPS) is 11.9. The monoisotopic (exact) mass is 194 g/mol. The van der Waals surface area contributed by atoms with Crippen LogP contribution in [-0.4, -0.2) is 20.9 Å². The summed E-state index contributed by atoms with van der Waals surface area (Å²) < 4.78 is 1.75. The number of hydrogen-bond acceptors (Lipinski definition) is 2. The number of aliphatic carboxylic acids is 1. The minimum Gasteiger partial charge on any atom is -0.478 e. The maximum absolute atomic E-state index is 10.5. The summed E-state index contributed by atoms with van der Waals surface area (Å²) in [4.78, 5) is 10.5. The first-order valence-corrected chi connectivity index (χ1v) is 4.35. The molecular formula is C10H14N2O2. The molecule has 0 amide bonds. The number of allylic oxidation sites excluding steroid dienone is 1. The van der Waals surface area contributed by atoms with E-state index < -0.39 is 5.97 Å². The van der Waals surface area contributed by atoms with Crippen molar-refractivity contribution in [1.29, 1.82) is 0 Å². The summed E-state index contributed by atoms with van der Waals surface area (Å²) in [5.74, 6) is -0.926. The molecule has 4 heteroatoms. The van der Waals surface area contributed by atoms with Gasteiger partial charge in [-0.3, -0.25) is 4.68 Å². The van der Waals surface area contributed by atoms with Crippen LogP contribution in [-0.2, 0) is 11.8 Å². The van der Waals surface area contributed by atoms with E-state index in [1.54, 1.807) is 11.6 Å². The Morgan fingerprint density at radius 1 is 1.50 bits per heavy atom. The van der Waals surface area contributed by atoms with Crippen LogP contribution in [0.5, 0.6) is 0 Å². The lowest BCUT2D eigenvalue weighted by Gasteiger charge is -2.00. The third kappa shape index (κ3) is 1.84. The summed E-state index contributed by atoms with van der Waals surface area (Å²) in [5, 5.41) is 12.9. The van der Waals surface area contributed by atoms with Crippen molar-refractivity contribution in [2.45, 2.75) is 20.8 Å². The van der Waals surface area contributed by atoms with E-state index in [0.717, 1.165) is 22.5 Å². The summed E-state index contributed by atoms with van der Waals surface area (Å²) >= 11 is 0. The fraction of sp³-hybridized carbons (Fsp3) is 0.400. The molecule has 0 aliphatic carbocycles. The van der Waals surface area contributed by atoms with Gasteiger partial charge in [0.25, 0.3) is 0 Å². The highest BCUT2D eigenvalue weighted by molar-refractivity contribution is 5.90. The average molecular weight is 194 g/mol. The highest BCUT2D eigenvalue weighted by Crippen LogP contribution is 2.21. The second-order valence-corrected chi connectivity index (χ2v) is 3.34. The van der Waals surface area contributed by atoms with Gasteiger partial charge in [0.05, 0.1) is 5.69 Å². The lowest BCUT2D eigenvalue weighted by Crippen LogP contribution is -1.94. The first-order chi connectivity index (χ1) is 6.43. The van der Waals surface area contributed by atoms with Crippen molar-refractivity contribution in [3.8, 4) is 0 Å². The molecule has 1 N–H and O–H groups in total. The largest absolute Gasteiger partial charge is 0.478 e. The van der Waals surface area contributed by atoms with Crippen LogP contribution in [0.2, 0.25) is 0 Å². The molecule has 0 fully saturated rings. The predicted octanol–water partition coefficient (Wildman–Crippen LogP) is 1.52. The highest BCUT2D eigenvalue weighted by Gasteiger charge is 2.11. The molecule has 1 heterocycles. The molecule has 0 radical (unpaired) electrons. The molecule has 0 aromatic carbocycles. The first-order valence-electron chi connectivity index (χ1n) is 4.35. The van der Waals surface area contributed by atoms with Gasteiger partial charge in [-0.25, -0.2) is 4.79 Å². The molecular weight excluding hydrogens is 180 g/mol. The first kappa shape index (κ1) is 10.5. The number of carboxylic acids is 1. The zero-order valence-corrected chi connectivity index (χ0v) is 8.83. The van der Waals surface area contributed by atoms with Crippen molar-refractivity contribution in [1.82, 2.24) is 9.78 Å².